The molecule has 0 amide bonds. The summed E-state index contributed by atoms with van der Waals surface area (Å²) in [7, 11) is 1.97. The number of thiophene rings is 1. The molecule has 0 spiro atoms. The van der Waals surface area contributed by atoms with Crippen molar-refractivity contribution >= 4 is 28.2 Å². The highest BCUT2D eigenvalue weighted by atomic mass is 32.1. The highest BCUT2D eigenvalue weighted by Gasteiger charge is 2.16. The molecule has 90 valence electrons. The normalized spacial score (nSPS) is 10.9. The minimum Gasteiger partial charge on any atom is -0.478 e. The maximum absolute atomic E-state index is 11.2. The second-order valence-corrected chi connectivity index (χ2v) is 4.92. The molecule has 0 aliphatic heterocycles. The molecule has 0 unspecified atom stereocenters. The van der Waals surface area contributed by atoms with E-state index in [2.05, 4.69) is 0 Å². The standard InChI is InChI=1S/C14H11NO2S/c1-15-6-10(9-4-2-3-5-13(9)15)11-7-18-8-12(11)14(16)17/h2-8H,1H3,(H,16,17). The summed E-state index contributed by atoms with van der Waals surface area (Å²) in [4.78, 5) is 11.2. The Kier molecular flexibility index (Phi) is 2.45. The average molecular weight is 257 g/mol. The van der Waals surface area contributed by atoms with Crippen molar-refractivity contribution < 1.29 is 9.90 Å². The zero-order valence-electron chi connectivity index (χ0n) is 9.75. The lowest BCUT2D eigenvalue weighted by molar-refractivity contribution is 0.0698. The predicted octanol–water partition coefficient (Wildman–Crippen LogP) is 3.61. The lowest BCUT2D eigenvalue weighted by Gasteiger charge is -1.98. The van der Waals surface area contributed by atoms with Crippen LogP contribution in [0, 0.1) is 0 Å². The zero-order chi connectivity index (χ0) is 12.7. The molecule has 0 saturated carbocycles. The molecule has 3 rings (SSSR count). The van der Waals surface area contributed by atoms with Crippen LogP contribution in [0.3, 0.4) is 0 Å². The van der Waals surface area contributed by atoms with Crippen molar-refractivity contribution in [2.75, 3.05) is 0 Å². The van der Waals surface area contributed by atoms with E-state index in [9.17, 15) is 9.90 Å². The predicted molar refractivity (Wildman–Crippen MR) is 73.2 cm³/mol. The number of benzene rings is 1. The second kappa shape index (κ2) is 3.99. The lowest BCUT2D eigenvalue weighted by atomic mass is 10.0. The van der Waals surface area contributed by atoms with E-state index in [0.717, 1.165) is 22.0 Å². The third-order valence-corrected chi connectivity index (χ3v) is 3.82. The number of rotatable bonds is 2. The number of carboxylic acids is 1. The SMILES string of the molecule is Cn1cc(-c2cscc2C(=O)O)c2ccccc21. The van der Waals surface area contributed by atoms with Gasteiger partial charge in [0.1, 0.15) is 0 Å². The Hall–Kier alpha value is -2.07. The first-order valence-corrected chi connectivity index (χ1v) is 6.46. The summed E-state index contributed by atoms with van der Waals surface area (Å²) in [6, 6.07) is 8.01. The van der Waals surface area contributed by atoms with Crippen LogP contribution >= 0.6 is 11.3 Å². The summed E-state index contributed by atoms with van der Waals surface area (Å²) in [6.45, 7) is 0. The van der Waals surface area contributed by atoms with Crippen molar-refractivity contribution in [1.82, 2.24) is 4.57 Å². The number of aromatic nitrogens is 1. The van der Waals surface area contributed by atoms with Crippen molar-refractivity contribution in [1.29, 1.82) is 0 Å². The van der Waals surface area contributed by atoms with Gasteiger partial charge in [-0.25, -0.2) is 4.79 Å². The minimum atomic E-state index is -0.876. The molecule has 0 atom stereocenters. The average Bonchev–Trinajstić information content (AvgIpc) is 2.95. The summed E-state index contributed by atoms with van der Waals surface area (Å²) in [5.74, 6) is -0.876. The van der Waals surface area contributed by atoms with Crippen LogP contribution in [-0.4, -0.2) is 15.6 Å². The van der Waals surface area contributed by atoms with Gasteiger partial charge in [0.15, 0.2) is 0 Å². The van der Waals surface area contributed by atoms with Crippen molar-refractivity contribution in [3.8, 4) is 11.1 Å². The molecule has 3 nitrogen and oxygen atoms in total. The number of carboxylic acid groups (broad SMARTS) is 1. The first kappa shape index (κ1) is 11.0. The molecule has 1 N–H and O–H groups in total. The van der Waals surface area contributed by atoms with Gasteiger partial charge in [-0.15, -0.1) is 0 Å². The van der Waals surface area contributed by atoms with E-state index >= 15 is 0 Å². The van der Waals surface area contributed by atoms with Crippen LogP contribution in [0.5, 0.6) is 0 Å². The number of hydrogen-bond donors (Lipinski definition) is 1. The van der Waals surface area contributed by atoms with Gasteiger partial charge in [0.05, 0.1) is 5.56 Å². The van der Waals surface area contributed by atoms with E-state index in [1.165, 1.54) is 11.3 Å². The van der Waals surface area contributed by atoms with E-state index in [1.54, 1.807) is 5.38 Å². The van der Waals surface area contributed by atoms with Gasteiger partial charge >= 0.3 is 5.97 Å². The number of para-hydroxylation sites is 1. The first-order chi connectivity index (χ1) is 8.68. The van der Waals surface area contributed by atoms with Gasteiger partial charge in [-0.2, -0.15) is 11.3 Å². The second-order valence-electron chi connectivity index (χ2n) is 4.18. The lowest BCUT2D eigenvalue weighted by Crippen LogP contribution is -1.95. The summed E-state index contributed by atoms with van der Waals surface area (Å²) >= 11 is 1.42. The summed E-state index contributed by atoms with van der Waals surface area (Å²) in [6.07, 6.45) is 1.99. The Balaban J connectivity index is 2.32. The number of nitrogens with zero attached hydrogens (tertiary/aromatic N) is 1. The molecule has 0 saturated heterocycles. The molecule has 0 bridgehead atoms. The minimum absolute atomic E-state index is 0.372. The number of aromatic carboxylic acids is 1. The molecule has 0 radical (unpaired) electrons. The van der Waals surface area contributed by atoms with Gasteiger partial charge in [-0.1, -0.05) is 18.2 Å². The van der Waals surface area contributed by atoms with Crippen molar-refractivity contribution in [3.05, 3.63) is 46.8 Å². The Morgan fingerprint density at radius 2 is 2.00 bits per heavy atom. The summed E-state index contributed by atoms with van der Waals surface area (Å²) < 4.78 is 2.02. The molecule has 0 aliphatic rings. The van der Waals surface area contributed by atoms with Crippen molar-refractivity contribution in [2.24, 2.45) is 7.05 Å². The van der Waals surface area contributed by atoms with Crippen molar-refractivity contribution in [2.45, 2.75) is 0 Å². The Bertz CT molecular complexity index is 739. The number of hydrogen-bond acceptors (Lipinski definition) is 2. The monoisotopic (exact) mass is 257 g/mol. The third-order valence-electron chi connectivity index (χ3n) is 3.08. The van der Waals surface area contributed by atoms with Crippen LogP contribution in [0.25, 0.3) is 22.0 Å². The molecule has 2 heterocycles. The summed E-state index contributed by atoms with van der Waals surface area (Å²) in [5.41, 5.74) is 3.25. The number of fused-ring (bicyclic) bond motifs is 1. The molecule has 18 heavy (non-hydrogen) atoms. The third kappa shape index (κ3) is 1.54. The van der Waals surface area contributed by atoms with Gasteiger partial charge in [-0.3, -0.25) is 0 Å². The molecular formula is C14H11NO2S. The summed E-state index contributed by atoms with van der Waals surface area (Å²) in [5, 5.41) is 13.9. The highest BCUT2D eigenvalue weighted by molar-refractivity contribution is 7.08. The van der Waals surface area contributed by atoms with Crippen LogP contribution in [0.15, 0.2) is 41.2 Å². The van der Waals surface area contributed by atoms with E-state index < -0.39 is 5.97 Å². The first-order valence-electron chi connectivity index (χ1n) is 5.52. The van der Waals surface area contributed by atoms with E-state index in [-0.39, 0.29) is 0 Å². The van der Waals surface area contributed by atoms with Crippen LogP contribution < -0.4 is 0 Å². The number of carbonyl (C=O) groups is 1. The molecule has 0 fully saturated rings. The Morgan fingerprint density at radius 1 is 1.22 bits per heavy atom. The van der Waals surface area contributed by atoms with Gasteiger partial charge in [0, 0.05) is 40.7 Å². The zero-order valence-corrected chi connectivity index (χ0v) is 10.6. The van der Waals surface area contributed by atoms with E-state index in [1.807, 2.05) is 47.5 Å². The van der Waals surface area contributed by atoms with E-state index in [4.69, 9.17) is 0 Å². The van der Waals surface area contributed by atoms with Crippen LogP contribution in [0.1, 0.15) is 10.4 Å². The van der Waals surface area contributed by atoms with Crippen LogP contribution in [-0.2, 0) is 7.05 Å². The molecule has 0 aliphatic carbocycles. The van der Waals surface area contributed by atoms with Gasteiger partial charge < -0.3 is 9.67 Å². The van der Waals surface area contributed by atoms with Crippen molar-refractivity contribution in [3.63, 3.8) is 0 Å². The molecule has 1 aromatic carbocycles. The number of aryl methyl sites for hydroxylation is 1. The molecular weight excluding hydrogens is 246 g/mol. The maximum Gasteiger partial charge on any atom is 0.337 e. The molecule has 3 aromatic rings. The fourth-order valence-electron chi connectivity index (χ4n) is 2.23. The fourth-order valence-corrected chi connectivity index (χ4v) is 3.05. The molecule has 2 aromatic heterocycles. The topological polar surface area (TPSA) is 42.2 Å². The smallest absolute Gasteiger partial charge is 0.337 e. The quantitative estimate of drug-likeness (QED) is 0.762. The van der Waals surface area contributed by atoms with Crippen LogP contribution in [0.4, 0.5) is 0 Å². The Morgan fingerprint density at radius 3 is 2.78 bits per heavy atom. The molecule has 4 heteroatoms. The van der Waals surface area contributed by atoms with Gasteiger partial charge in [0.2, 0.25) is 0 Å². The van der Waals surface area contributed by atoms with Gasteiger partial charge in [-0.05, 0) is 11.4 Å². The largest absolute Gasteiger partial charge is 0.478 e. The fraction of sp³-hybridized carbons (Fsp3) is 0.0714. The maximum atomic E-state index is 11.2. The van der Waals surface area contributed by atoms with Gasteiger partial charge in [0.25, 0.3) is 0 Å². The van der Waals surface area contributed by atoms with Crippen LogP contribution in [0.2, 0.25) is 0 Å². The van der Waals surface area contributed by atoms with E-state index in [0.29, 0.717) is 5.56 Å². The Labute approximate surface area is 108 Å². The highest BCUT2D eigenvalue weighted by Crippen LogP contribution is 2.34.